The molecular weight excluding hydrogens is 212 g/mol. The predicted molar refractivity (Wildman–Crippen MR) is 71.1 cm³/mol. The molecule has 1 rings (SSSR count). The van der Waals surface area contributed by atoms with Gasteiger partial charge < -0.3 is 4.74 Å². The smallest absolute Gasteiger partial charge is 0.164 e. The van der Waals surface area contributed by atoms with Crippen molar-refractivity contribution in [2.45, 2.75) is 71.8 Å². The van der Waals surface area contributed by atoms with Gasteiger partial charge in [-0.05, 0) is 32.1 Å². The van der Waals surface area contributed by atoms with Gasteiger partial charge in [0.1, 0.15) is 6.10 Å². The molecule has 0 aromatic rings. The van der Waals surface area contributed by atoms with E-state index in [0.29, 0.717) is 18.3 Å². The molecule has 0 bridgehead atoms. The standard InChI is InChI=1S/C15H28O2/c1-4-9-14(17-6-3)15(16)13-11-8-7-10-12(13)5-2/h12-14H,4-11H2,1-3H3. The molecule has 1 fully saturated rings. The van der Waals surface area contributed by atoms with Crippen molar-refractivity contribution in [2.24, 2.45) is 11.8 Å². The lowest BCUT2D eigenvalue weighted by atomic mass is 9.74. The predicted octanol–water partition coefficient (Wildman–Crippen LogP) is 3.98. The number of carbonyl (C=O) groups is 1. The van der Waals surface area contributed by atoms with Crippen molar-refractivity contribution in [2.75, 3.05) is 6.61 Å². The average Bonchev–Trinajstić information content (AvgIpc) is 2.37. The third kappa shape index (κ3) is 4.09. The lowest BCUT2D eigenvalue weighted by Crippen LogP contribution is -2.36. The highest BCUT2D eigenvalue weighted by Crippen LogP contribution is 2.34. The SMILES string of the molecule is CCCC(OCC)C(=O)C1CCCCC1CC. The molecule has 0 N–H and O–H groups in total. The Kier molecular flexibility index (Phi) is 6.79. The zero-order valence-corrected chi connectivity index (χ0v) is 11.7. The largest absolute Gasteiger partial charge is 0.371 e. The summed E-state index contributed by atoms with van der Waals surface area (Å²) >= 11 is 0. The van der Waals surface area contributed by atoms with E-state index in [0.717, 1.165) is 25.7 Å². The van der Waals surface area contributed by atoms with Gasteiger partial charge in [-0.2, -0.15) is 0 Å². The van der Waals surface area contributed by atoms with Crippen LogP contribution in [-0.2, 0) is 9.53 Å². The van der Waals surface area contributed by atoms with Crippen LogP contribution in [0.3, 0.4) is 0 Å². The first kappa shape index (κ1) is 14.7. The van der Waals surface area contributed by atoms with Crippen LogP contribution in [0.25, 0.3) is 0 Å². The first-order chi connectivity index (χ1) is 8.24. The van der Waals surface area contributed by atoms with Gasteiger partial charge in [0.25, 0.3) is 0 Å². The summed E-state index contributed by atoms with van der Waals surface area (Å²) in [4.78, 5) is 12.5. The molecule has 0 aliphatic heterocycles. The van der Waals surface area contributed by atoms with E-state index in [1.165, 1.54) is 19.3 Å². The third-order valence-electron chi connectivity index (χ3n) is 4.03. The van der Waals surface area contributed by atoms with Crippen molar-refractivity contribution >= 4 is 5.78 Å². The summed E-state index contributed by atoms with van der Waals surface area (Å²) in [6.07, 6.45) is 7.76. The Morgan fingerprint density at radius 1 is 1.24 bits per heavy atom. The minimum absolute atomic E-state index is 0.137. The molecule has 0 radical (unpaired) electrons. The Balaban J connectivity index is 2.62. The number of rotatable bonds is 7. The zero-order chi connectivity index (χ0) is 12.7. The topological polar surface area (TPSA) is 26.3 Å². The monoisotopic (exact) mass is 240 g/mol. The molecule has 0 spiro atoms. The second kappa shape index (κ2) is 7.86. The van der Waals surface area contributed by atoms with Gasteiger partial charge in [-0.1, -0.05) is 39.5 Å². The summed E-state index contributed by atoms with van der Waals surface area (Å²) in [5.74, 6) is 1.27. The summed E-state index contributed by atoms with van der Waals surface area (Å²) < 4.78 is 5.64. The fourth-order valence-electron chi connectivity index (χ4n) is 3.08. The van der Waals surface area contributed by atoms with E-state index in [2.05, 4.69) is 13.8 Å². The maximum atomic E-state index is 12.5. The molecule has 0 saturated heterocycles. The van der Waals surface area contributed by atoms with Crippen molar-refractivity contribution < 1.29 is 9.53 Å². The van der Waals surface area contributed by atoms with Crippen LogP contribution in [0.15, 0.2) is 0 Å². The van der Waals surface area contributed by atoms with Gasteiger partial charge in [-0.3, -0.25) is 4.79 Å². The Hall–Kier alpha value is -0.370. The molecule has 17 heavy (non-hydrogen) atoms. The molecular formula is C15H28O2. The van der Waals surface area contributed by atoms with Crippen LogP contribution in [0.2, 0.25) is 0 Å². The van der Waals surface area contributed by atoms with Crippen LogP contribution in [-0.4, -0.2) is 18.5 Å². The first-order valence-corrected chi connectivity index (χ1v) is 7.39. The average molecular weight is 240 g/mol. The second-order valence-corrected chi connectivity index (χ2v) is 5.19. The van der Waals surface area contributed by atoms with Crippen molar-refractivity contribution in [1.29, 1.82) is 0 Å². The molecule has 1 saturated carbocycles. The molecule has 1 aliphatic rings. The van der Waals surface area contributed by atoms with E-state index in [1.807, 2.05) is 6.92 Å². The molecule has 2 nitrogen and oxygen atoms in total. The number of carbonyl (C=O) groups excluding carboxylic acids is 1. The lowest BCUT2D eigenvalue weighted by Gasteiger charge is -2.32. The maximum absolute atomic E-state index is 12.5. The highest BCUT2D eigenvalue weighted by molar-refractivity contribution is 5.85. The fourth-order valence-corrected chi connectivity index (χ4v) is 3.08. The molecule has 2 heteroatoms. The number of ether oxygens (including phenoxy) is 1. The minimum atomic E-state index is -0.137. The van der Waals surface area contributed by atoms with Crippen LogP contribution >= 0.6 is 0 Å². The number of Topliss-reactive ketones (excluding diaryl/α,β-unsaturated/α-hetero) is 1. The second-order valence-electron chi connectivity index (χ2n) is 5.19. The number of hydrogen-bond donors (Lipinski definition) is 0. The summed E-state index contributed by atoms with van der Waals surface area (Å²) in [6, 6.07) is 0. The van der Waals surface area contributed by atoms with Crippen molar-refractivity contribution in [3.63, 3.8) is 0 Å². The van der Waals surface area contributed by atoms with Crippen LogP contribution in [0.4, 0.5) is 0 Å². The summed E-state index contributed by atoms with van der Waals surface area (Å²) in [7, 11) is 0. The van der Waals surface area contributed by atoms with Crippen molar-refractivity contribution in [3.05, 3.63) is 0 Å². The Bertz CT molecular complexity index is 219. The molecule has 1 aliphatic carbocycles. The van der Waals surface area contributed by atoms with E-state index >= 15 is 0 Å². The van der Waals surface area contributed by atoms with Gasteiger partial charge in [0.15, 0.2) is 5.78 Å². The van der Waals surface area contributed by atoms with Gasteiger partial charge in [0.05, 0.1) is 0 Å². The fraction of sp³-hybridized carbons (Fsp3) is 0.933. The van der Waals surface area contributed by atoms with E-state index in [9.17, 15) is 4.79 Å². The zero-order valence-electron chi connectivity index (χ0n) is 11.7. The van der Waals surface area contributed by atoms with Gasteiger partial charge >= 0.3 is 0 Å². The molecule has 100 valence electrons. The van der Waals surface area contributed by atoms with E-state index < -0.39 is 0 Å². The molecule has 0 aromatic carbocycles. The Morgan fingerprint density at radius 2 is 1.94 bits per heavy atom. The first-order valence-electron chi connectivity index (χ1n) is 7.39. The normalized spacial score (nSPS) is 26.8. The van der Waals surface area contributed by atoms with Gasteiger partial charge in [-0.25, -0.2) is 0 Å². The summed E-state index contributed by atoms with van der Waals surface area (Å²) in [6.45, 7) is 6.97. The minimum Gasteiger partial charge on any atom is -0.371 e. The molecule has 3 unspecified atom stereocenters. The maximum Gasteiger partial charge on any atom is 0.164 e. The quantitative estimate of drug-likeness (QED) is 0.673. The third-order valence-corrected chi connectivity index (χ3v) is 4.03. The van der Waals surface area contributed by atoms with Gasteiger partial charge in [0.2, 0.25) is 0 Å². The van der Waals surface area contributed by atoms with E-state index in [4.69, 9.17) is 4.74 Å². The summed E-state index contributed by atoms with van der Waals surface area (Å²) in [5.41, 5.74) is 0. The van der Waals surface area contributed by atoms with Gasteiger partial charge in [-0.15, -0.1) is 0 Å². The summed E-state index contributed by atoms with van der Waals surface area (Å²) in [5, 5.41) is 0. The highest BCUT2D eigenvalue weighted by Gasteiger charge is 2.33. The van der Waals surface area contributed by atoms with Crippen LogP contribution in [0, 0.1) is 11.8 Å². The lowest BCUT2D eigenvalue weighted by molar-refractivity contribution is -0.137. The van der Waals surface area contributed by atoms with Crippen molar-refractivity contribution in [3.8, 4) is 0 Å². The van der Waals surface area contributed by atoms with Gasteiger partial charge in [0, 0.05) is 12.5 Å². The van der Waals surface area contributed by atoms with Crippen LogP contribution < -0.4 is 0 Å². The number of hydrogen-bond acceptors (Lipinski definition) is 2. The molecule has 0 aromatic heterocycles. The molecule has 0 amide bonds. The van der Waals surface area contributed by atoms with E-state index in [-0.39, 0.29) is 12.0 Å². The number of ketones is 1. The van der Waals surface area contributed by atoms with Crippen LogP contribution in [0.5, 0.6) is 0 Å². The molecule has 0 heterocycles. The Morgan fingerprint density at radius 3 is 2.53 bits per heavy atom. The molecule has 3 atom stereocenters. The van der Waals surface area contributed by atoms with Crippen molar-refractivity contribution in [1.82, 2.24) is 0 Å². The van der Waals surface area contributed by atoms with E-state index in [1.54, 1.807) is 0 Å². The van der Waals surface area contributed by atoms with Crippen LogP contribution in [0.1, 0.15) is 65.7 Å². The Labute approximate surface area is 106 Å². The highest BCUT2D eigenvalue weighted by atomic mass is 16.5.